The van der Waals surface area contributed by atoms with Crippen molar-refractivity contribution in [1.82, 2.24) is 25.2 Å². The molecule has 0 aliphatic heterocycles. The van der Waals surface area contributed by atoms with Gasteiger partial charge in [-0.2, -0.15) is 0 Å². The largest absolute Gasteiger partial charge is 0.465 e. The van der Waals surface area contributed by atoms with Crippen LogP contribution in [-0.4, -0.2) is 44.2 Å². The van der Waals surface area contributed by atoms with Crippen molar-refractivity contribution in [3.8, 4) is 5.69 Å². The second-order valence-corrected chi connectivity index (χ2v) is 5.38. The first-order valence-electron chi connectivity index (χ1n) is 7.43. The molecule has 9 heteroatoms. The highest BCUT2D eigenvalue weighted by Crippen LogP contribution is 2.21. The highest BCUT2D eigenvalue weighted by atomic mass is 16.5. The van der Waals surface area contributed by atoms with E-state index in [1.807, 2.05) is 6.07 Å². The van der Waals surface area contributed by atoms with Gasteiger partial charge in [-0.15, -0.1) is 5.10 Å². The molecule has 1 aromatic carbocycles. The van der Waals surface area contributed by atoms with E-state index in [9.17, 15) is 9.59 Å². The molecule has 0 radical (unpaired) electrons. The molecule has 2 aromatic heterocycles. The topological polar surface area (TPSA) is 115 Å². The summed E-state index contributed by atoms with van der Waals surface area (Å²) in [5.41, 5.74) is 3.08. The van der Waals surface area contributed by atoms with Gasteiger partial charge in [-0.3, -0.25) is 4.79 Å². The lowest BCUT2D eigenvalue weighted by molar-refractivity contribution is 0.0599. The van der Waals surface area contributed by atoms with Gasteiger partial charge >= 0.3 is 5.97 Å². The van der Waals surface area contributed by atoms with Crippen molar-refractivity contribution in [2.24, 2.45) is 0 Å². The van der Waals surface area contributed by atoms with E-state index >= 15 is 0 Å². The second kappa shape index (κ2) is 6.56. The van der Waals surface area contributed by atoms with E-state index in [1.165, 1.54) is 18.1 Å². The van der Waals surface area contributed by atoms with Gasteiger partial charge in [0.25, 0.3) is 5.91 Å². The fourth-order valence-electron chi connectivity index (χ4n) is 2.58. The number of aromatic amines is 1. The van der Waals surface area contributed by atoms with Gasteiger partial charge in [0, 0.05) is 11.4 Å². The highest BCUT2D eigenvalue weighted by molar-refractivity contribution is 6.06. The zero-order chi connectivity index (χ0) is 18.0. The van der Waals surface area contributed by atoms with Crippen molar-refractivity contribution in [2.45, 2.75) is 13.8 Å². The summed E-state index contributed by atoms with van der Waals surface area (Å²) in [6, 6.07) is 7.07. The Kier molecular flexibility index (Phi) is 4.29. The molecule has 2 N–H and O–H groups in total. The molecule has 0 spiro atoms. The minimum atomic E-state index is -0.481. The van der Waals surface area contributed by atoms with Gasteiger partial charge in [0.05, 0.1) is 18.4 Å². The Balaban J connectivity index is 1.86. The number of carbonyl (C=O) groups is 2. The third-order valence-electron chi connectivity index (χ3n) is 3.77. The van der Waals surface area contributed by atoms with E-state index in [-0.39, 0.29) is 5.91 Å². The number of methoxy groups -OCH3 is 1. The Morgan fingerprint density at radius 1 is 1.28 bits per heavy atom. The average Bonchev–Trinajstić information content (AvgIpc) is 3.23. The molecule has 0 unspecified atom stereocenters. The van der Waals surface area contributed by atoms with Gasteiger partial charge in [0.2, 0.25) is 0 Å². The van der Waals surface area contributed by atoms with E-state index in [1.54, 1.807) is 32.0 Å². The summed E-state index contributed by atoms with van der Waals surface area (Å²) in [5.74, 6) is -0.837. The molecule has 0 bridgehead atoms. The summed E-state index contributed by atoms with van der Waals surface area (Å²) in [7, 11) is 1.30. The lowest BCUT2D eigenvalue weighted by Crippen LogP contribution is -2.14. The summed E-state index contributed by atoms with van der Waals surface area (Å²) in [4.78, 5) is 27.3. The Hall–Kier alpha value is -3.49. The molecule has 1 amide bonds. The van der Waals surface area contributed by atoms with Crippen molar-refractivity contribution in [2.75, 3.05) is 12.4 Å². The minimum Gasteiger partial charge on any atom is -0.465 e. The number of H-pyrrole nitrogens is 1. The van der Waals surface area contributed by atoms with Crippen molar-refractivity contribution in [1.29, 1.82) is 0 Å². The molecule has 128 valence electrons. The first-order chi connectivity index (χ1) is 12.0. The fourth-order valence-corrected chi connectivity index (χ4v) is 2.58. The summed E-state index contributed by atoms with van der Waals surface area (Å²) in [6.45, 7) is 3.41. The van der Waals surface area contributed by atoms with Crippen LogP contribution in [0.15, 0.2) is 30.6 Å². The summed E-state index contributed by atoms with van der Waals surface area (Å²) in [6.07, 6.45) is 1.46. The van der Waals surface area contributed by atoms with Crippen LogP contribution >= 0.6 is 0 Å². The third-order valence-corrected chi connectivity index (χ3v) is 3.77. The normalized spacial score (nSPS) is 10.5. The van der Waals surface area contributed by atoms with E-state index in [4.69, 9.17) is 4.74 Å². The van der Waals surface area contributed by atoms with E-state index in [2.05, 4.69) is 25.8 Å². The highest BCUT2D eigenvalue weighted by Gasteiger charge is 2.22. The molecule has 0 fully saturated rings. The van der Waals surface area contributed by atoms with Crippen LogP contribution in [0, 0.1) is 13.8 Å². The predicted molar refractivity (Wildman–Crippen MR) is 88.7 cm³/mol. The molecule has 3 aromatic rings. The van der Waals surface area contributed by atoms with Crippen molar-refractivity contribution in [3.05, 3.63) is 53.1 Å². The van der Waals surface area contributed by atoms with Gasteiger partial charge in [-0.1, -0.05) is 6.07 Å². The molecular formula is C16H16N6O3. The number of esters is 1. The number of aromatic nitrogens is 5. The van der Waals surface area contributed by atoms with Gasteiger partial charge in [0.1, 0.15) is 12.0 Å². The number of rotatable bonds is 4. The molecule has 0 saturated carbocycles. The number of anilines is 1. The lowest BCUT2D eigenvalue weighted by atomic mass is 10.1. The maximum Gasteiger partial charge on any atom is 0.339 e. The van der Waals surface area contributed by atoms with Gasteiger partial charge < -0.3 is 15.0 Å². The predicted octanol–water partition coefficient (Wildman–Crippen LogP) is 1.65. The number of carbonyl (C=O) groups excluding carboxylic acids is 2. The number of benzene rings is 1. The summed E-state index contributed by atoms with van der Waals surface area (Å²) < 4.78 is 6.24. The molecule has 2 heterocycles. The van der Waals surface area contributed by atoms with Crippen molar-refractivity contribution >= 4 is 17.6 Å². The number of nitrogens with one attached hydrogen (secondary N) is 2. The number of nitrogens with zero attached hydrogens (tertiary/aromatic N) is 4. The zero-order valence-electron chi connectivity index (χ0n) is 13.9. The smallest absolute Gasteiger partial charge is 0.339 e. The molecule has 0 atom stereocenters. The molecule has 0 aliphatic carbocycles. The van der Waals surface area contributed by atoms with Crippen LogP contribution in [-0.2, 0) is 4.74 Å². The van der Waals surface area contributed by atoms with Crippen LogP contribution in [0.2, 0.25) is 0 Å². The van der Waals surface area contributed by atoms with Crippen LogP contribution < -0.4 is 5.32 Å². The number of hydrogen-bond acceptors (Lipinski definition) is 6. The van der Waals surface area contributed by atoms with Crippen molar-refractivity contribution in [3.63, 3.8) is 0 Å². The van der Waals surface area contributed by atoms with Crippen LogP contribution in [0.25, 0.3) is 5.69 Å². The number of aryl methyl sites for hydroxylation is 1. The minimum absolute atomic E-state index is 0.311. The zero-order valence-corrected chi connectivity index (χ0v) is 13.9. The van der Waals surface area contributed by atoms with Gasteiger partial charge in [-0.05, 0) is 48.0 Å². The third kappa shape index (κ3) is 3.11. The van der Waals surface area contributed by atoms with Gasteiger partial charge in [0.15, 0.2) is 0 Å². The van der Waals surface area contributed by atoms with Crippen LogP contribution in [0.1, 0.15) is 32.1 Å². The monoisotopic (exact) mass is 340 g/mol. The van der Waals surface area contributed by atoms with Crippen molar-refractivity contribution < 1.29 is 14.3 Å². The standard InChI is InChI=1S/C16H16N6O3/c1-9-13(16(24)25-3)10(2)18-14(9)15(23)19-11-5-4-6-12(7-11)22-8-17-20-21-22/h4-8,18H,1-3H3,(H,19,23). The van der Waals surface area contributed by atoms with Crippen LogP contribution in [0.3, 0.4) is 0 Å². The first-order valence-corrected chi connectivity index (χ1v) is 7.43. The fraction of sp³-hybridized carbons (Fsp3) is 0.188. The summed E-state index contributed by atoms with van der Waals surface area (Å²) >= 11 is 0. The number of ether oxygens (including phenoxy) is 1. The first kappa shape index (κ1) is 16.4. The molecule has 0 aliphatic rings. The molecular weight excluding hydrogens is 324 g/mol. The Bertz CT molecular complexity index is 930. The number of hydrogen-bond donors (Lipinski definition) is 2. The Morgan fingerprint density at radius 2 is 2.08 bits per heavy atom. The Labute approximate surface area is 143 Å². The van der Waals surface area contributed by atoms with E-state index < -0.39 is 5.97 Å². The lowest BCUT2D eigenvalue weighted by Gasteiger charge is -2.07. The quantitative estimate of drug-likeness (QED) is 0.698. The van der Waals surface area contributed by atoms with Crippen LogP contribution in [0.5, 0.6) is 0 Å². The number of amides is 1. The maximum absolute atomic E-state index is 12.6. The molecule has 0 saturated heterocycles. The SMILES string of the molecule is COC(=O)c1c(C)[nH]c(C(=O)Nc2cccc(-n3cnnn3)c2)c1C. The van der Waals surface area contributed by atoms with Crippen LogP contribution in [0.4, 0.5) is 5.69 Å². The molecule has 9 nitrogen and oxygen atoms in total. The van der Waals surface area contributed by atoms with E-state index in [0.29, 0.717) is 33.9 Å². The molecule has 25 heavy (non-hydrogen) atoms. The Morgan fingerprint density at radius 3 is 2.76 bits per heavy atom. The average molecular weight is 340 g/mol. The summed E-state index contributed by atoms with van der Waals surface area (Å²) in [5, 5.41) is 13.8. The van der Waals surface area contributed by atoms with Gasteiger partial charge in [-0.25, -0.2) is 9.48 Å². The van der Waals surface area contributed by atoms with E-state index in [0.717, 1.165) is 0 Å². The number of tetrazole rings is 1. The second-order valence-electron chi connectivity index (χ2n) is 5.38. The maximum atomic E-state index is 12.6. The molecule has 3 rings (SSSR count).